The minimum Gasteiger partial charge on any atom is -0.207 e. The Morgan fingerprint density at radius 2 is 1.37 bits per heavy atom. The molecule has 0 heterocycles. The standard InChI is InChI=1S/C16H15Br2F/c1-16(2,3)10-4-6-12(14(17)8-10)13-7-5-11(19)9-15(13)18/h4-9H,1-3H3. The highest BCUT2D eigenvalue weighted by molar-refractivity contribution is 9.11. The quantitative estimate of drug-likeness (QED) is 0.539. The van der Waals surface area contributed by atoms with E-state index in [1.54, 1.807) is 6.07 Å². The summed E-state index contributed by atoms with van der Waals surface area (Å²) >= 11 is 7.03. The van der Waals surface area contributed by atoms with Gasteiger partial charge in [0.15, 0.2) is 0 Å². The molecule has 2 aromatic carbocycles. The van der Waals surface area contributed by atoms with Gasteiger partial charge in [-0.1, -0.05) is 70.8 Å². The molecular weight excluding hydrogens is 371 g/mol. The van der Waals surface area contributed by atoms with Gasteiger partial charge in [-0.15, -0.1) is 0 Å². The van der Waals surface area contributed by atoms with Crippen LogP contribution in [0.3, 0.4) is 0 Å². The Labute approximate surface area is 130 Å². The van der Waals surface area contributed by atoms with Crippen molar-refractivity contribution in [1.29, 1.82) is 0 Å². The van der Waals surface area contributed by atoms with E-state index < -0.39 is 0 Å². The topological polar surface area (TPSA) is 0 Å². The zero-order valence-electron chi connectivity index (χ0n) is 11.1. The maximum atomic E-state index is 13.1. The first-order valence-electron chi connectivity index (χ1n) is 6.04. The number of halogens is 3. The summed E-state index contributed by atoms with van der Waals surface area (Å²) < 4.78 is 14.9. The van der Waals surface area contributed by atoms with E-state index in [0.717, 1.165) is 20.1 Å². The van der Waals surface area contributed by atoms with Gasteiger partial charge in [-0.2, -0.15) is 0 Å². The van der Waals surface area contributed by atoms with Crippen LogP contribution >= 0.6 is 31.9 Å². The monoisotopic (exact) mass is 384 g/mol. The Balaban J connectivity index is 2.52. The van der Waals surface area contributed by atoms with Gasteiger partial charge in [0.1, 0.15) is 5.82 Å². The normalized spacial score (nSPS) is 11.7. The van der Waals surface area contributed by atoms with Gasteiger partial charge in [-0.3, -0.25) is 0 Å². The molecule has 19 heavy (non-hydrogen) atoms. The van der Waals surface area contributed by atoms with Crippen LogP contribution < -0.4 is 0 Å². The Morgan fingerprint density at radius 1 is 0.842 bits per heavy atom. The van der Waals surface area contributed by atoms with Crippen LogP contribution in [0.1, 0.15) is 26.3 Å². The summed E-state index contributed by atoms with van der Waals surface area (Å²) in [6.07, 6.45) is 0. The third kappa shape index (κ3) is 3.26. The molecule has 0 unspecified atom stereocenters. The molecule has 0 bridgehead atoms. The SMILES string of the molecule is CC(C)(C)c1ccc(-c2ccc(F)cc2Br)c(Br)c1. The molecule has 0 amide bonds. The molecule has 0 nitrogen and oxygen atoms in total. The van der Waals surface area contributed by atoms with Crippen molar-refractivity contribution in [3.05, 3.63) is 56.7 Å². The van der Waals surface area contributed by atoms with Crippen molar-refractivity contribution in [2.45, 2.75) is 26.2 Å². The van der Waals surface area contributed by atoms with Crippen LogP contribution in [0.5, 0.6) is 0 Å². The molecule has 0 aliphatic heterocycles. The zero-order chi connectivity index (χ0) is 14.2. The first kappa shape index (κ1) is 14.7. The fourth-order valence-corrected chi connectivity index (χ4v) is 3.06. The van der Waals surface area contributed by atoms with Crippen LogP contribution in [0.15, 0.2) is 45.3 Å². The third-order valence-electron chi connectivity index (χ3n) is 3.06. The van der Waals surface area contributed by atoms with Crippen LogP contribution in [0.25, 0.3) is 11.1 Å². The van der Waals surface area contributed by atoms with Crippen molar-refractivity contribution in [3.63, 3.8) is 0 Å². The van der Waals surface area contributed by atoms with Gasteiger partial charge in [-0.05, 0) is 40.3 Å². The summed E-state index contributed by atoms with van der Waals surface area (Å²) in [6, 6.07) is 11.1. The van der Waals surface area contributed by atoms with Crippen LogP contribution in [0.2, 0.25) is 0 Å². The van der Waals surface area contributed by atoms with Crippen LogP contribution in [-0.2, 0) is 5.41 Å². The van der Waals surface area contributed by atoms with Gasteiger partial charge in [0.2, 0.25) is 0 Å². The molecule has 0 saturated heterocycles. The molecule has 0 aliphatic rings. The predicted octanol–water partition coefficient (Wildman–Crippen LogP) is 6.32. The number of hydrogen-bond acceptors (Lipinski definition) is 0. The maximum absolute atomic E-state index is 13.1. The predicted molar refractivity (Wildman–Crippen MR) is 85.9 cm³/mol. The van der Waals surface area contributed by atoms with Gasteiger partial charge in [0.25, 0.3) is 0 Å². The lowest BCUT2D eigenvalue weighted by atomic mass is 9.86. The number of rotatable bonds is 1. The summed E-state index contributed by atoms with van der Waals surface area (Å²) in [4.78, 5) is 0. The average Bonchev–Trinajstić information content (AvgIpc) is 2.28. The fraction of sp³-hybridized carbons (Fsp3) is 0.250. The molecule has 0 fully saturated rings. The third-order valence-corrected chi connectivity index (χ3v) is 4.37. The summed E-state index contributed by atoms with van der Waals surface area (Å²) in [6.45, 7) is 6.55. The second kappa shape index (κ2) is 5.37. The molecule has 100 valence electrons. The van der Waals surface area contributed by atoms with E-state index in [9.17, 15) is 4.39 Å². The van der Waals surface area contributed by atoms with Crippen molar-refractivity contribution >= 4 is 31.9 Å². The van der Waals surface area contributed by atoms with Crippen molar-refractivity contribution in [1.82, 2.24) is 0 Å². The van der Waals surface area contributed by atoms with Gasteiger partial charge < -0.3 is 0 Å². The molecule has 0 aliphatic carbocycles. The molecule has 2 rings (SSSR count). The summed E-state index contributed by atoms with van der Waals surface area (Å²) in [7, 11) is 0. The number of hydrogen-bond donors (Lipinski definition) is 0. The van der Waals surface area contributed by atoms with E-state index in [1.807, 2.05) is 0 Å². The smallest absolute Gasteiger partial charge is 0.124 e. The average molecular weight is 386 g/mol. The minimum absolute atomic E-state index is 0.112. The highest BCUT2D eigenvalue weighted by Gasteiger charge is 2.16. The van der Waals surface area contributed by atoms with E-state index >= 15 is 0 Å². The Bertz CT molecular complexity index is 613. The summed E-state index contributed by atoms with van der Waals surface area (Å²) in [5.74, 6) is -0.238. The lowest BCUT2D eigenvalue weighted by Gasteiger charge is -2.20. The lowest BCUT2D eigenvalue weighted by molar-refractivity contribution is 0.590. The molecule has 0 atom stereocenters. The second-order valence-corrected chi connectivity index (χ2v) is 7.28. The van der Waals surface area contributed by atoms with Crippen LogP contribution in [0.4, 0.5) is 4.39 Å². The highest BCUT2D eigenvalue weighted by Crippen LogP contribution is 2.36. The van der Waals surface area contributed by atoms with E-state index in [2.05, 4.69) is 70.8 Å². The van der Waals surface area contributed by atoms with E-state index in [-0.39, 0.29) is 11.2 Å². The maximum Gasteiger partial charge on any atom is 0.124 e. The molecule has 0 aromatic heterocycles. The molecule has 2 aromatic rings. The van der Waals surface area contributed by atoms with Crippen molar-refractivity contribution in [2.24, 2.45) is 0 Å². The summed E-state index contributed by atoms with van der Waals surface area (Å²) in [5.41, 5.74) is 3.41. The lowest BCUT2D eigenvalue weighted by Crippen LogP contribution is -2.10. The van der Waals surface area contributed by atoms with Crippen molar-refractivity contribution in [3.8, 4) is 11.1 Å². The second-order valence-electron chi connectivity index (χ2n) is 5.57. The molecule has 3 heteroatoms. The van der Waals surface area contributed by atoms with Gasteiger partial charge >= 0.3 is 0 Å². The zero-order valence-corrected chi connectivity index (χ0v) is 14.3. The largest absolute Gasteiger partial charge is 0.207 e. The minimum atomic E-state index is -0.238. The fourth-order valence-electron chi connectivity index (χ4n) is 1.91. The molecule has 0 N–H and O–H groups in total. The first-order chi connectivity index (χ1) is 8.79. The van der Waals surface area contributed by atoms with Gasteiger partial charge in [0, 0.05) is 8.95 Å². The number of benzene rings is 2. The van der Waals surface area contributed by atoms with Gasteiger partial charge in [-0.25, -0.2) is 4.39 Å². The van der Waals surface area contributed by atoms with E-state index in [4.69, 9.17) is 0 Å². The van der Waals surface area contributed by atoms with E-state index in [1.165, 1.54) is 17.7 Å². The molecule has 0 radical (unpaired) electrons. The molecule has 0 spiro atoms. The molecule has 0 saturated carbocycles. The van der Waals surface area contributed by atoms with Crippen molar-refractivity contribution < 1.29 is 4.39 Å². The summed E-state index contributed by atoms with van der Waals surface area (Å²) in [5, 5.41) is 0. The van der Waals surface area contributed by atoms with Crippen molar-refractivity contribution in [2.75, 3.05) is 0 Å². The van der Waals surface area contributed by atoms with Crippen LogP contribution in [-0.4, -0.2) is 0 Å². The Morgan fingerprint density at radius 3 is 1.84 bits per heavy atom. The first-order valence-corrected chi connectivity index (χ1v) is 7.63. The van der Waals surface area contributed by atoms with Crippen LogP contribution in [0, 0.1) is 5.82 Å². The van der Waals surface area contributed by atoms with E-state index in [0.29, 0.717) is 0 Å². The molecular formula is C16H15Br2F. The highest BCUT2D eigenvalue weighted by atomic mass is 79.9. The Kier molecular flexibility index (Phi) is 4.17. The van der Waals surface area contributed by atoms with Gasteiger partial charge in [0.05, 0.1) is 0 Å². The Hall–Kier alpha value is -0.670.